The van der Waals surface area contributed by atoms with Crippen molar-refractivity contribution in [1.29, 1.82) is 0 Å². The van der Waals surface area contributed by atoms with Crippen LogP contribution >= 0.6 is 11.6 Å². The Hall–Kier alpha value is -2.34. The van der Waals surface area contributed by atoms with E-state index in [2.05, 4.69) is 0 Å². The molecule has 0 spiro atoms. The number of nitrogens with one attached hydrogen (secondary N) is 1. The molecule has 2 aromatic carbocycles. The van der Waals surface area contributed by atoms with Gasteiger partial charge in [0.05, 0.1) is 24.3 Å². The van der Waals surface area contributed by atoms with E-state index in [-0.39, 0.29) is 5.75 Å². The van der Waals surface area contributed by atoms with Crippen molar-refractivity contribution >= 4 is 22.6 Å². The summed E-state index contributed by atoms with van der Waals surface area (Å²) in [7, 11) is 0. The van der Waals surface area contributed by atoms with Crippen LogP contribution in [0.4, 0.5) is 0 Å². The molecule has 1 aromatic heterocycles. The van der Waals surface area contributed by atoms with Crippen LogP contribution in [0.25, 0.3) is 22.1 Å². The molecular formula is C20H19ClNO4+. The van der Waals surface area contributed by atoms with Gasteiger partial charge in [-0.2, -0.15) is 0 Å². The fourth-order valence-corrected chi connectivity index (χ4v) is 3.45. The molecule has 3 aromatic rings. The molecule has 0 atom stereocenters. The monoisotopic (exact) mass is 372 g/mol. The van der Waals surface area contributed by atoms with Crippen molar-refractivity contribution in [1.82, 2.24) is 0 Å². The van der Waals surface area contributed by atoms with Crippen LogP contribution in [0.2, 0.25) is 5.02 Å². The van der Waals surface area contributed by atoms with Gasteiger partial charge in [-0.05, 0) is 35.9 Å². The molecule has 0 saturated carbocycles. The zero-order valence-corrected chi connectivity index (χ0v) is 14.9. The van der Waals surface area contributed by atoms with E-state index in [0.29, 0.717) is 41.5 Å². The van der Waals surface area contributed by atoms with Crippen molar-refractivity contribution in [3.63, 3.8) is 0 Å². The number of quaternary nitrogens is 1. The topological polar surface area (TPSA) is 64.1 Å². The largest absolute Gasteiger partial charge is 0.507 e. The lowest BCUT2D eigenvalue weighted by Crippen LogP contribution is -3.12. The van der Waals surface area contributed by atoms with Crippen molar-refractivity contribution in [2.45, 2.75) is 6.54 Å². The van der Waals surface area contributed by atoms with Gasteiger partial charge in [0.1, 0.15) is 25.4 Å². The standard InChI is InChI=1S/C20H18ClNO4/c21-15-4-1-13(2-5-15)16-11-14-3-6-18(23)17(19(14)26-20(16)24)12-22-7-9-25-10-8-22/h1-6,11,23H,7-10,12H2/p+1. The Morgan fingerprint density at radius 3 is 2.54 bits per heavy atom. The lowest BCUT2D eigenvalue weighted by atomic mass is 10.0. The first kappa shape index (κ1) is 17.1. The van der Waals surface area contributed by atoms with E-state index in [1.54, 1.807) is 36.4 Å². The molecule has 2 N–H and O–H groups in total. The number of phenolic OH excluding ortho intramolecular Hbond substituents is 1. The van der Waals surface area contributed by atoms with Gasteiger partial charge < -0.3 is 19.2 Å². The molecule has 1 aliphatic rings. The van der Waals surface area contributed by atoms with Crippen molar-refractivity contribution < 1.29 is 19.2 Å². The highest BCUT2D eigenvalue weighted by Gasteiger charge is 2.20. The van der Waals surface area contributed by atoms with Gasteiger partial charge >= 0.3 is 5.63 Å². The van der Waals surface area contributed by atoms with Gasteiger partial charge in [-0.1, -0.05) is 23.7 Å². The van der Waals surface area contributed by atoms with E-state index < -0.39 is 5.63 Å². The zero-order valence-electron chi connectivity index (χ0n) is 14.1. The van der Waals surface area contributed by atoms with Crippen LogP contribution in [0.5, 0.6) is 5.75 Å². The summed E-state index contributed by atoms with van der Waals surface area (Å²) < 4.78 is 11.0. The maximum atomic E-state index is 12.6. The average molecular weight is 373 g/mol. The number of morpholine rings is 1. The second-order valence-electron chi connectivity index (χ2n) is 6.48. The van der Waals surface area contributed by atoms with Crippen molar-refractivity contribution in [2.24, 2.45) is 0 Å². The first-order chi connectivity index (χ1) is 12.6. The van der Waals surface area contributed by atoms with E-state index in [4.69, 9.17) is 20.8 Å². The Labute approximate surface area is 155 Å². The van der Waals surface area contributed by atoms with Gasteiger partial charge in [0.2, 0.25) is 0 Å². The Morgan fingerprint density at radius 1 is 1.08 bits per heavy atom. The molecule has 0 unspecified atom stereocenters. The Balaban J connectivity index is 1.79. The van der Waals surface area contributed by atoms with E-state index >= 15 is 0 Å². The number of halogens is 1. The molecule has 26 heavy (non-hydrogen) atoms. The number of phenols is 1. The van der Waals surface area contributed by atoms with Crippen LogP contribution < -0.4 is 10.5 Å². The summed E-state index contributed by atoms with van der Waals surface area (Å²) in [5.41, 5.74) is 1.91. The maximum Gasteiger partial charge on any atom is 0.344 e. The van der Waals surface area contributed by atoms with Gasteiger partial charge in [0.15, 0.2) is 5.58 Å². The summed E-state index contributed by atoms with van der Waals surface area (Å²) in [6, 6.07) is 12.3. The number of aromatic hydroxyl groups is 1. The third-order valence-corrected chi connectivity index (χ3v) is 5.01. The molecule has 2 heterocycles. The molecule has 4 rings (SSSR count). The molecular weight excluding hydrogens is 354 g/mol. The molecule has 1 fully saturated rings. The predicted molar refractivity (Wildman–Crippen MR) is 99.8 cm³/mol. The molecule has 134 valence electrons. The predicted octanol–water partition coefficient (Wildman–Crippen LogP) is 2.23. The highest BCUT2D eigenvalue weighted by Crippen LogP contribution is 2.29. The summed E-state index contributed by atoms with van der Waals surface area (Å²) in [5, 5.41) is 11.7. The van der Waals surface area contributed by atoms with Crippen LogP contribution in [0.15, 0.2) is 51.7 Å². The minimum absolute atomic E-state index is 0.152. The number of fused-ring (bicyclic) bond motifs is 1. The summed E-state index contributed by atoms with van der Waals surface area (Å²) in [4.78, 5) is 13.9. The average Bonchev–Trinajstić information content (AvgIpc) is 2.66. The molecule has 0 bridgehead atoms. The lowest BCUT2D eigenvalue weighted by molar-refractivity contribution is -0.921. The minimum Gasteiger partial charge on any atom is -0.507 e. The van der Waals surface area contributed by atoms with E-state index in [1.807, 2.05) is 6.07 Å². The van der Waals surface area contributed by atoms with Crippen molar-refractivity contribution in [2.75, 3.05) is 26.3 Å². The highest BCUT2D eigenvalue weighted by molar-refractivity contribution is 6.30. The summed E-state index contributed by atoms with van der Waals surface area (Å²) >= 11 is 5.92. The highest BCUT2D eigenvalue weighted by atomic mass is 35.5. The van der Waals surface area contributed by atoms with Crippen molar-refractivity contribution in [3.8, 4) is 16.9 Å². The van der Waals surface area contributed by atoms with Crippen LogP contribution in [0, 0.1) is 0 Å². The van der Waals surface area contributed by atoms with Crippen LogP contribution in [-0.2, 0) is 11.3 Å². The lowest BCUT2D eigenvalue weighted by Gasteiger charge is -2.24. The smallest absolute Gasteiger partial charge is 0.344 e. The number of hydrogen-bond acceptors (Lipinski definition) is 4. The Kier molecular flexibility index (Phi) is 4.68. The van der Waals surface area contributed by atoms with E-state index in [0.717, 1.165) is 24.0 Å². The van der Waals surface area contributed by atoms with Gasteiger partial charge in [0.25, 0.3) is 0 Å². The molecule has 1 saturated heterocycles. The van der Waals surface area contributed by atoms with E-state index in [1.165, 1.54) is 4.90 Å². The fraction of sp³-hybridized carbons (Fsp3) is 0.250. The van der Waals surface area contributed by atoms with E-state index in [9.17, 15) is 9.90 Å². The molecule has 0 radical (unpaired) electrons. The van der Waals surface area contributed by atoms with Gasteiger partial charge in [0, 0.05) is 10.4 Å². The number of rotatable bonds is 3. The normalized spacial score (nSPS) is 15.4. The second kappa shape index (κ2) is 7.11. The third kappa shape index (κ3) is 3.33. The van der Waals surface area contributed by atoms with Gasteiger partial charge in [-0.25, -0.2) is 4.79 Å². The summed E-state index contributed by atoms with van der Waals surface area (Å²) in [5.74, 6) is 0.152. The minimum atomic E-state index is -0.427. The first-order valence-corrected chi connectivity index (χ1v) is 8.95. The van der Waals surface area contributed by atoms with Crippen LogP contribution in [0.1, 0.15) is 5.56 Å². The quantitative estimate of drug-likeness (QED) is 0.692. The molecule has 5 nitrogen and oxygen atoms in total. The summed E-state index contributed by atoms with van der Waals surface area (Å²) in [6.45, 7) is 3.72. The first-order valence-electron chi connectivity index (χ1n) is 8.58. The second-order valence-corrected chi connectivity index (χ2v) is 6.91. The van der Waals surface area contributed by atoms with Crippen LogP contribution in [0.3, 0.4) is 0 Å². The maximum absolute atomic E-state index is 12.6. The fourth-order valence-electron chi connectivity index (χ4n) is 3.32. The van der Waals surface area contributed by atoms with Crippen molar-refractivity contribution in [3.05, 3.63) is 63.5 Å². The molecule has 0 amide bonds. The number of benzene rings is 2. The molecule has 6 heteroatoms. The third-order valence-electron chi connectivity index (χ3n) is 4.76. The number of ether oxygens (including phenoxy) is 1. The van der Waals surface area contributed by atoms with Gasteiger partial charge in [-0.15, -0.1) is 0 Å². The Bertz CT molecular complexity index is 991. The molecule has 1 aliphatic heterocycles. The zero-order chi connectivity index (χ0) is 18.1. The SMILES string of the molecule is O=c1oc2c(C[NH+]3CCOCC3)c(O)ccc2cc1-c1ccc(Cl)cc1. The summed E-state index contributed by atoms with van der Waals surface area (Å²) in [6.07, 6.45) is 0. The van der Waals surface area contributed by atoms with Crippen LogP contribution in [-0.4, -0.2) is 31.4 Å². The number of hydrogen-bond donors (Lipinski definition) is 2. The van der Waals surface area contributed by atoms with Gasteiger partial charge in [-0.3, -0.25) is 0 Å². The molecule has 0 aliphatic carbocycles. The Morgan fingerprint density at radius 2 is 1.81 bits per heavy atom.